The first kappa shape index (κ1) is 12.4. The van der Waals surface area contributed by atoms with E-state index in [1.54, 1.807) is 0 Å². The summed E-state index contributed by atoms with van der Waals surface area (Å²) >= 11 is 0. The monoisotopic (exact) mass is 261 g/mol. The number of aliphatic hydroxyl groups excluding tert-OH is 1. The molecule has 2 unspecified atom stereocenters. The van der Waals surface area contributed by atoms with E-state index >= 15 is 0 Å². The molecule has 0 radical (unpaired) electrons. The lowest BCUT2D eigenvalue weighted by molar-refractivity contribution is -0.116. The highest BCUT2D eigenvalue weighted by atomic mass is 16.3. The molecular weight excluding hydrogens is 242 g/mol. The first-order chi connectivity index (χ1) is 9.19. The molecular formula is C14H19N3O2. The first-order valence-corrected chi connectivity index (χ1v) is 6.75. The van der Waals surface area contributed by atoms with Crippen LogP contribution < -0.4 is 16.0 Å². The summed E-state index contributed by atoms with van der Waals surface area (Å²) in [5.41, 5.74) is 8.58. The highest BCUT2D eigenvalue weighted by Crippen LogP contribution is 2.34. The molecule has 2 aliphatic heterocycles. The summed E-state index contributed by atoms with van der Waals surface area (Å²) in [5, 5.41) is 12.1. The number of hydrogen-bond donors (Lipinski definition) is 3. The van der Waals surface area contributed by atoms with Gasteiger partial charge in [-0.15, -0.1) is 0 Å². The molecule has 2 aliphatic rings. The Bertz CT molecular complexity index is 503. The van der Waals surface area contributed by atoms with Gasteiger partial charge in [-0.25, -0.2) is 0 Å². The van der Waals surface area contributed by atoms with Crippen LogP contribution >= 0.6 is 0 Å². The third-order valence-electron chi connectivity index (χ3n) is 4.05. The molecule has 2 heterocycles. The van der Waals surface area contributed by atoms with Gasteiger partial charge in [0, 0.05) is 36.6 Å². The fraction of sp³-hybridized carbons (Fsp3) is 0.500. The standard InChI is InChI=1S/C14H19N3O2/c15-13-11-4-3-10(6-12(11)16-14(13)19)17-5-1-2-9(7-17)8-18/h3-4,6,9,13,18H,1-2,5,7-8,15H2,(H,16,19). The molecule has 2 atom stereocenters. The lowest BCUT2D eigenvalue weighted by Crippen LogP contribution is -2.36. The highest BCUT2D eigenvalue weighted by molar-refractivity contribution is 6.02. The molecule has 0 bridgehead atoms. The van der Waals surface area contributed by atoms with Crippen molar-refractivity contribution in [1.82, 2.24) is 0 Å². The number of amides is 1. The van der Waals surface area contributed by atoms with Crippen molar-refractivity contribution in [2.24, 2.45) is 11.7 Å². The van der Waals surface area contributed by atoms with Crippen LogP contribution in [0.2, 0.25) is 0 Å². The average molecular weight is 261 g/mol. The summed E-state index contributed by atoms with van der Waals surface area (Å²) in [7, 11) is 0. The van der Waals surface area contributed by atoms with Gasteiger partial charge in [0.05, 0.1) is 0 Å². The molecule has 5 heteroatoms. The number of piperidine rings is 1. The highest BCUT2D eigenvalue weighted by Gasteiger charge is 2.28. The lowest BCUT2D eigenvalue weighted by Gasteiger charge is -2.33. The maximum Gasteiger partial charge on any atom is 0.245 e. The molecule has 4 N–H and O–H groups in total. The van der Waals surface area contributed by atoms with Gasteiger partial charge in [-0.05, 0) is 30.9 Å². The lowest BCUT2D eigenvalue weighted by atomic mass is 9.98. The van der Waals surface area contributed by atoms with E-state index < -0.39 is 6.04 Å². The van der Waals surface area contributed by atoms with Gasteiger partial charge in [0.25, 0.3) is 0 Å². The normalized spacial score (nSPS) is 26.2. The van der Waals surface area contributed by atoms with E-state index in [0.717, 1.165) is 42.9 Å². The summed E-state index contributed by atoms with van der Waals surface area (Å²) < 4.78 is 0. The number of rotatable bonds is 2. The number of fused-ring (bicyclic) bond motifs is 1. The number of hydrogen-bond acceptors (Lipinski definition) is 4. The number of nitrogens with zero attached hydrogens (tertiary/aromatic N) is 1. The maximum absolute atomic E-state index is 11.5. The Morgan fingerprint density at radius 3 is 3.11 bits per heavy atom. The molecule has 0 aromatic heterocycles. The fourth-order valence-corrected chi connectivity index (χ4v) is 2.92. The predicted molar refractivity (Wildman–Crippen MR) is 74.0 cm³/mol. The molecule has 0 aliphatic carbocycles. The van der Waals surface area contributed by atoms with E-state index in [1.807, 2.05) is 18.2 Å². The zero-order valence-corrected chi connectivity index (χ0v) is 10.8. The van der Waals surface area contributed by atoms with Crippen LogP contribution in [0.5, 0.6) is 0 Å². The Labute approximate surface area is 112 Å². The van der Waals surface area contributed by atoms with E-state index in [-0.39, 0.29) is 12.5 Å². The van der Waals surface area contributed by atoms with Gasteiger partial charge in [-0.1, -0.05) is 6.07 Å². The van der Waals surface area contributed by atoms with Crippen molar-refractivity contribution in [3.8, 4) is 0 Å². The van der Waals surface area contributed by atoms with Crippen LogP contribution in [0.1, 0.15) is 24.4 Å². The number of benzene rings is 1. The molecule has 5 nitrogen and oxygen atoms in total. The van der Waals surface area contributed by atoms with Gasteiger partial charge < -0.3 is 21.1 Å². The van der Waals surface area contributed by atoms with Crippen LogP contribution in [0.4, 0.5) is 11.4 Å². The van der Waals surface area contributed by atoms with E-state index in [4.69, 9.17) is 5.73 Å². The number of aliphatic hydroxyl groups is 1. The van der Waals surface area contributed by atoms with Gasteiger partial charge in [-0.2, -0.15) is 0 Å². The minimum atomic E-state index is -0.546. The average Bonchev–Trinajstić information content (AvgIpc) is 2.73. The SMILES string of the molecule is NC1C(=O)Nc2cc(N3CCCC(CO)C3)ccc21. The third-order valence-corrected chi connectivity index (χ3v) is 4.05. The maximum atomic E-state index is 11.5. The Morgan fingerprint density at radius 2 is 2.32 bits per heavy atom. The van der Waals surface area contributed by atoms with Crippen LogP contribution in [-0.2, 0) is 4.79 Å². The Hall–Kier alpha value is -1.59. The minimum Gasteiger partial charge on any atom is -0.396 e. The summed E-state index contributed by atoms with van der Waals surface area (Å²) in [6.45, 7) is 2.10. The van der Waals surface area contributed by atoms with Crippen molar-refractivity contribution < 1.29 is 9.90 Å². The molecule has 0 saturated carbocycles. The van der Waals surface area contributed by atoms with Crippen molar-refractivity contribution in [2.45, 2.75) is 18.9 Å². The van der Waals surface area contributed by atoms with Crippen LogP contribution in [0, 0.1) is 5.92 Å². The third kappa shape index (κ3) is 2.19. The van der Waals surface area contributed by atoms with Gasteiger partial charge in [0.2, 0.25) is 5.91 Å². The zero-order valence-electron chi connectivity index (χ0n) is 10.8. The largest absolute Gasteiger partial charge is 0.396 e. The fourth-order valence-electron chi connectivity index (χ4n) is 2.92. The van der Waals surface area contributed by atoms with Crippen LogP contribution in [0.15, 0.2) is 18.2 Å². The Morgan fingerprint density at radius 1 is 1.47 bits per heavy atom. The van der Waals surface area contributed by atoms with Crippen molar-refractivity contribution in [2.75, 3.05) is 29.9 Å². The van der Waals surface area contributed by atoms with E-state index in [0.29, 0.717) is 5.92 Å². The second-order valence-electron chi connectivity index (χ2n) is 5.38. The Kier molecular flexibility index (Phi) is 3.16. The van der Waals surface area contributed by atoms with E-state index in [9.17, 15) is 9.90 Å². The molecule has 19 heavy (non-hydrogen) atoms. The van der Waals surface area contributed by atoms with Crippen molar-refractivity contribution >= 4 is 17.3 Å². The van der Waals surface area contributed by atoms with Gasteiger partial charge in [0.1, 0.15) is 6.04 Å². The Balaban J connectivity index is 1.83. The van der Waals surface area contributed by atoms with Crippen LogP contribution in [0.25, 0.3) is 0 Å². The summed E-state index contributed by atoms with van der Waals surface area (Å²) in [6, 6.07) is 5.38. The van der Waals surface area contributed by atoms with Gasteiger partial charge >= 0.3 is 0 Å². The van der Waals surface area contributed by atoms with Crippen LogP contribution in [0.3, 0.4) is 0 Å². The van der Waals surface area contributed by atoms with E-state index in [2.05, 4.69) is 10.2 Å². The van der Waals surface area contributed by atoms with Crippen LogP contribution in [-0.4, -0.2) is 30.7 Å². The quantitative estimate of drug-likeness (QED) is 0.737. The molecule has 1 fully saturated rings. The zero-order chi connectivity index (χ0) is 13.4. The van der Waals surface area contributed by atoms with Gasteiger partial charge in [0.15, 0.2) is 0 Å². The summed E-state index contributed by atoms with van der Waals surface area (Å²) in [5.74, 6) is 0.206. The van der Waals surface area contributed by atoms with Crippen molar-refractivity contribution in [3.63, 3.8) is 0 Å². The predicted octanol–water partition coefficient (Wildman–Crippen LogP) is 0.847. The second-order valence-corrected chi connectivity index (χ2v) is 5.38. The van der Waals surface area contributed by atoms with Crippen molar-refractivity contribution in [1.29, 1.82) is 0 Å². The molecule has 0 spiro atoms. The van der Waals surface area contributed by atoms with E-state index in [1.165, 1.54) is 0 Å². The molecule has 102 valence electrons. The van der Waals surface area contributed by atoms with Gasteiger partial charge in [-0.3, -0.25) is 4.79 Å². The molecule has 3 rings (SSSR count). The molecule has 1 saturated heterocycles. The summed E-state index contributed by atoms with van der Waals surface area (Å²) in [6.07, 6.45) is 2.17. The summed E-state index contributed by atoms with van der Waals surface area (Å²) in [4.78, 5) is 13.8. The van der Waals surface area contributed by atoms with Crippen molar-refractivity contribution in [3.05, 3.63) is 23.8 Å². The smallest absolute Gasteiger partial charge is 0.245 e. The second kappa shape index (κ2) is 4.83. The minimum absolute atomic E-state index is 0.140. The number of carbonyl (C=O) groups is 1. The number of nitrogens with two attached hydrogens (primary N) is 1. The molecule has 1 aromatic rings. The topological polar surface area (TPSA) is 78.6 Å². The molecule has 1 aromatic carbocycles. The number of nitrogens with one attached hydrogen (secondary N) is 1. The number of anilines is 2. The number of carbonyl (C=O) groups excluding carboxylic acids is 1. The first-order valence-electron chi connectivity index (χ1n) is 6.75. The molecule has 1 amide bonds.